The maximum absolute atomic E-state index is 13.4. The van der Waals surface area contributed by atoms with E-state index in [-0.39, 0.29) is 18.7 Å². The first-order valence-electron chi connectivity index (χ1n) is 12.3. The summed E-state index contributed by atoms with van der Waals surface area (Å²) >= 11 is 0. The van der Waals surface area contributed by atoms with Gasteiger partial charge in [-0.05, 0) is 55.0 Å². The van der Waals surface area contributed by atoms with Crippen molar-refractivity contribution >= 4 is 22.9 Å². The summed E-state index contributed by atoms with van der Waals surface area (Å²) in [6.07, 6.45) is 4.26. The maximum Gasteiger partial charge on any atom is 0.475 e. The SMILES string of the molecule is C.Cc1ccc(Oc2cccc(S(=O)(=O)C[C@@H](Cc3ccccc3)C(=O)N[C@@H](CC3CC3)B(O)O)c2)nc1. The van der Waals surface area contributed by atoms with Crippen LogP contribution >= 0.6 is 0 Å². The first-order valence-corrected chi connectivity index (χ1v) is 14.0. The fourth-order valence-corrected chi connectivity index (χ4v) is 5.69. The number of hydrogen-bond donors (Lipinski definition) is 3. The van der Waals surface area contributed by atoms with Crippen molar-refractivity contribution in [1.82, 2.24) is 10.3 Å². The standard InChI is InChI=1S/C27H31BN2O6S.CH4/c1-19-10-13-26(29-17-19)36-23-8-5-9-24(16-23)37(34,35)18-22(14-20-6-3-2-4-7-20)27(31)30-25(28(32)33)15-21-11-12-21;/h2-10,13,16-17,21-22,25,32-33H,11-12,14-15,18H2,1H3,(H,30,31);1H4/t22-,25+;/m1./s1. The number of aromatic nitrogens is 1. The molecule has 1 saturated carbocycles. The van der Waals surface area contributed by atoms with Crippen molar-refractivity contribution in [3.8, 4) is 11.6 Å². The summed E-state index contributed by atoms with van der Waals surface area (Å²) in [4.78, 5) is 17.5. The van der Waals surface area contributed by atoms with Gasteiger partial charge in [0, 0.05) is 12.3 Å². The molecule has 8 nitrogen and oxygen atoms in total. The summed E-state index contributed by atoms with van der Waals surface area (Å²) in [5, 5.41) is 22.3. The summed E-state index contributed by atoms with van der Waals surface area (Å²) in [5.41, 5.74) is 1.78. The van der Waals surface area contributed by atoms with Gasteiger partial charge in [0.15, 0.2) is 9.84 Å². The van der Waals surface area contributed by atoms with Crippen molar-refractivity contribution in [2.24, 2.45) is 11.8 Å². The Morgan fingerprint density at radius 1 is 1.11 bits per heavy atom. The van der Waals surface area contributed by atoms with Crippen LogP contribution in [-0.2, 0) is 21.1 Å². The Hall–Kier alpha value is -3.21. The lowest BCUT2D eigenvalue weighted by molar-refractivity contribution is -0.124. The molecule has 0 saturated heterocycles. The van der Waals surface area contributed by atoms with Gasteiger partial charge in [-0.1, -0.05) is 62.7 Å². The van der Waals surface area contributed by atoms with Gasteiger partial charge in [-0.3, -0.25) is 4.79 Å². The second kappa shape index (κ2) is 13.0. The average molecular weight is 538 g/mol. The minimum absolute atomic E-state index is 0. The summed E-state index contributed by atoms with van der Waals surface area (Å²) < 4.78 is 32.6. The third-order valence-corrected chi connectivity index (χ3v) is 8.17. The molecule has 4 rings (SSSR count). The van der Waals surface area contributed by atoms with Gasteiger partial charge in [0.2, 0.25) is 11.8 Å². The van der Waals surface area contributed by atoms with Gasteiger partial charge in [-0.2, -0.15) is 0 Å². The van der Waals surface area contributed by atoms with Gasteiger partial charge < -0.3 is 20.1 Å². The highest BCUT2D eigenvalue weighted by atomic mass is 32.2. The number of sulfone groups is 1. The predicted molar refractivity (Wildman–Crippen MR) is 147 cm³/mol. The second-order valence-electron chi connectivity index (χ2n) is 9.63. The summed E-state index contributed by atoms with van der Waals surface area (Å²) in [6.45, 7) is 1.90. The van der Waals surface area contributed by atoms with Crippen LogP contribution in [0, 0.1) is 18.8 Å². The molecule has 2 aromatic carbocycles. The third-order valence-electron chi connectivity index (χ3n) is 6.36. The molecule has 2 atom stereocenters. The normalized spacial score (nSPS) is 14.6. The van der Waals surface area contributed by atoms with Crippen LogP contribution in [0.15, 0.2) is 77.8 Å². The molecule has 0 bridgehead atoms. The minimum Gasteiger partial charge on any atom is -0.439 e. The molecule has 202 valence electrons. The molecule has 0 unspecified atom stereocenters. The van der Waals surface area contributed by atoms with E-state index in [1.54, 1.807) is 24.4 Å². The molecule has 3 aromatic rings. The molecule has 1 amide bonds. The highest BCUT2D eigenvalue weighted by Crippen LogP contribution is 2.34. The number of rotatable bonds is 12. The molecule has 0 radical (unpaired) electrons. The third kappa shape index (κ3) is 8.41. The molecule has 1 aliphatic carbocycles. The molecular formula is C28H35BN2O6S. The summed E-state index contributed by atoms with van der Waals surface area (Å²) in [5.74, 6) is -1.76. The van der Waals surface area contributed by atoms with E-state index < -0.39 is 40.5 Å². The highest BCUT2D eigenvalue weighted by molar-refractivity contribution is 7.91. The molecule has 1 heterocycles. The highest BCUT2D eigenvalue weighted by Gasteiger charge is 2.35. The Bertz CT molecular complexity index is 1300. The van der Waals surface area contributed by atoms with E-state index in [9.17, 15) is 23.3 Å². The van der Waals surface area contributed by atoms with Crippen molar-refractivity contribution in [2.75, 3.05) is 5.75 Å². The second-order valence-corrected chi connectivity index (χ2v) is 11.7. The summed E-state index contributed by atoms with van der Waals surface area (Å²) in [7, 11) is -5.62. The predicted octanol–water partition coefficient (Wildman–Crippen LogP) is 3.75. The first kappa shape index (κ1) is 29.4. The molecule has 1 aliphatic rings. The Morgan fingerprint density at radius 2 is 1.84 bits per heavy atom. The molecule has 0 spiro atoms. The fourth-order valence-electron chi connectivity index (χ4n) is 4.12. The molecule has 10 heteroatoms. The number of carbonyl (C=O) groups excluding carboxylic acids is 1. The van der Waals surface area contributed by atoms with Crippen LogP contribution in [0.1, 0.15) is 37.8 Å². The average Bonchev–Trinajstić information content (AvgIpc) is 3.69. The van der Waals surface area contributed by atoms with Crippen LogP contribution in [-0.4, -0.2) is 48.2 Å². The monoisotopic (exact) mass is 538 g/mol. The van der Waals surface area contributed by atoms with Gasteiger partial charge in [0.1, 0.15) is 5.75 Å². The van der Waals surface area contributed by atoms with E-state index in [4.69, 9.17) is 4.74 Å². The maximum atomic E-state index is 13.4. The van der Waals surface area contributed by atoms with Crippen LogP contribution in [0.4, 0.5) is 0 Å². The first-order chi connectivity index (χ1) is 17.7. The molecule has 0 aliphatic heterocycles. The Labute approximate surface area is 225 Å². The molecular weight excluding hydrogens is 503 g/mol. The summed E-state index contributed by atoms with van der Waals surface area (Å²) in [6, 6.07) is 18.8. The van der Waals surface area contributed by atoms with E-state index in [0.717, 1.165) is 24.0 Å². The van der Waals surface area contributed by atoms with Gasteiger partial charge in [0.25, 0.3) is 0 Å². The van der Waals surface area contributed by atoms with E-state index in [1.165, 1.54) is 12.1 Å². The molecule has 1 aromatic heterocycles. The van der Waals surface area contributed by atoms with E-state index in [1.807, 2.05) is 43.3 Å². The van der Waals surface area contributed by atoms with Gasteiger partial charge in [0.05, 0.1) is 22.5 Å². The largest absolute Gasteiger partial charge is 0.475 e. The van der Waals surface area contributed by atoms with Crippen molar-refractivity contribution in [1.29, 1.82) is 0 Å². The van der Waals surface area contributed by atoms with Crippen LogP contribution in [0.3, 0.4) is 0 Å². The quantitative estimate of drug-likeness (QED) is 0.300. The van der Waals surface area contributed by atoms with Crippen LogP contribution < -0.4 is 10.1 Å². The lowest BCUT2D eigenvalue weighted by atomic mass is 9.76. The zero-order valence-electron chi connectivity index (χ0n) is 20.7. The van der Waals surface area contributed by atoms with Crippen LogP contribution in [0.25, 0.3) is 0 Å². The van der Waals surface area contributed by atoms with Crippen LogP contribution in [0.5, 0.6) is 11.6 Å². The van der Waals surface area contributed by atoms with E-state index >= 15 is 0 Å². The number of pyridine rings is 1. The smallest absolute Gasteiger partial charge is 0.439 e. The lowest BCUT2D eigenvalue weighted by Crippen LogP contribution is -2.50. The molecule has 3 N–H and O–H groups in total. The Kier molecular flexibility index (Phi) is 10.1. The Morgan fingerprint density at radius 3 is 2.47 bits per heavy atom. The number of aryl methyl sites for hydroxylation is 1. The number of nitrogens with zero attached hydrogens (tertiary/aromatic N) is 1. The fraction of sp³-hybridized carbons (Fsp3) is 0.357. The number of ether oxygens (including phenoxy) is 1. The van der Waals surface area contributed by atoms with E-state index in [2.05, 4.69) is 10.3 Å². The van der Waals surface area contributed by atoms with Crippen molar-refractivity contribution in [2.45, 2.75) is 50.9 Å². The molecule has 38 heavy (non-hydrogen) atoms. The number of benzene rings is 2. The number of hydrogen-bond acceptors (Lipinski definition) is 7. The number of nitrogens with one attached hydrogen (secondary N) is 1. The van der Waals surface area contributed by atoms with Crippen molar-refractivity contribution in [3.05, 3.63) is 84.1 Å². The van der Waals surface area contributed by atoms with Crippen molar-refractivity contribution < 1.29 is 28.0 Å². The molecule has 1 fully saturated rings. The Balaban J connectivity index is 0.00000400. The number of amides is 1. The lowest BCUT2D eigenvalue weighted by Gasteiger charge is -2.22. The van der Waals surface area contributed by atoms with Gasteiger partial charge in [-0.15, -0.1) is 0 Å². The minimum atomic E-state index is -3.90. The van der Waals surface area contributed by atoms with Crippen molar-refractivity contribution in [3.63, 3.8) is 0 Å². The zero-order valence-corrected chi connectivity index (χ0v) is 21.5. The van der Waals surface area contributed by atoms with Gasteiger partial charge >= 0.3 is 7.12 Å². The van der Waals surface area contributed by atoms with E-state index in [0.29, 0.717) is 24.0 Å². The topological polar surface area (TPSA) is 126 Å². The number of carbonyl (C=O) groups is 1. The zero-order chi connectivity index (χ0) is 26.4. The van der Waals surface area contributed by atoms with Crippen LogP contribution in [0.2, 0.25) is 0 Å². The van der Waals surface area contributed by atoms with Gasteiger partial charge in [-0.25, -0.2) is 13.4 Å².